The van der Waals surface area contributed by atoms with Gasteiger partial charge in [-0.15, -0.1) is 12.6 Å². The predicted octanol–water partition coefficient (Wildman–Crippen LogP) is 4.12. The summed E-state index contributed by atoms with van der Waals surface area (Å²) in [4.78, 5) is 5.94. The van der Waals surface area contributed by atoms with Crippen LogP contribution in [0.15, 0.2) is 87.7 Å². The first-order valence-corrected chi connectivity index (χ1v) is 16.7. The Morgan fingerprint density at radius 2 is 1.67 bits per heavy atom. The minimum Gasteiger partial charge on any atom is -0.376 e. The highest BCUT2D eigenvalue weighted by atomic mass is 32.2. The molecule has 2 aromatic carbocycles. The van der Waals surface area contributed by atoms with Crippen molar-refractivity contribution in [3.05, 3.63) is 78.6 Å². The van der Waals surface area contributed by atoms with E-state index < -0.39 is 43.9 Å². The molecule has 0 bridgehead atoms. The highest BCUT2D eigenvalue weighted by Crippen LogP contribution is 2.39. The van der Waals surface area contributed by atoms with Crippen molar-refractivity contribution in [2.24, 2.45) is 0 Å². The third-order valence-electron chi connectivity index (χ3n) is 7.45. The molecule has 1 N–H and O–H groups in total. The van der Waals surface area contributed by atoms with E-state index in [0.29, 0.717) is 12.6 Å². The maximum absolute atomic E-state index is 13.7. The topological polar surface area (TPSA) is 111 Å². The molecule has 15 heteroatoms. The van der Waals surface area contributed by atoms with Gasteiger partial charge in [0.1, 0.15) is 4.90 Å². The number of aromatic nitrogens is 1. The average molecular weight is 659 g/mol. The van der Waals surface area contributed by atoms with Crippen molar-refractivity contribution in [3.63, 3.8) is 0 Å². The third kappa shape index (κ3) is 6.71. The first-order valence-electron chi connectivity index (χ1n) is 13.3. The second-order valence-corrected chi connectivity index (χ2v) is 14.9. The minimum absolute atomic E-state index is 0.00738. The molecule has 1 fully saturated rings. The maximum atomic E-state index is 13.7. The fourth-order valence-electron chi connectivity index (χ4n) is 4.93. The van der Waals surface area contributed by atoms with Crippen LogP contribution in [0.25, 0.3) is 0 Å². The molecule has 0 aliphatic carbocycles. The van der Waals surface area contributed by atoms with Crippen molar-refractivity contribution < 1.29 is 35.1 Å². The number of aliphatic hydroxyl groups is 1. The van der Waals surface area contributed by atoms with Gasteiger partial charge in [-0.2, -0.15) is 21.8 Å². The van der Waals surface area contributed by atoms with E-state index in [4.69, 9.17) is 0 Å². The van der Waals surface area contributed by atoms with E-state index >= 15 is 0 Å². The number of anilines is 1. The summed E-state index contributed by atoms with van der Waals surface area (Å²) < 4.78 is 97.5. The molecular formula is C28H33F3N4O5S3. The zero-order valence-corrected chi connectivity index (χ0v) is 26.2. The van der Waals surface area contributed by atoms with Crippen molar-refractivity contribution in [2.45, 2.75) is 59.3 Å². The summed E-state index contributed by atoms with van der Waals surface area (Å²) in [6, 6.07) is 13.0. The van der Waals surface area contributed by atoms with E-state index in [9.17, 15) is 35.1 Å². The van der Waals surface area contributed by atoms with Gasteiger partial charge in [0.25, 0.3) is 0 Å². The molecule has 1 aliphatic rings. The second kappa shape index (κ2) is 12.4. The number of sulfonamides is 2. The van der Waals surface area contributed by atoms with Crippen molar-refractivity contribution in [3.8, 4) is 0 Å². The molecule has 43 heavy (non-hydrogen) atoms. The first-order chi connectivity index (χ1) is 20.0. The van der Waals surface area contributed by atoms with Crippen molar-refractivity contribution in [2.75, 3.05) is 31.1 Å². The molecule has 0 radical (unpaired) electrons. The fourth-order valence-corrected chi connectivity index (χ4v) is 8.62. The Labute approximate surface area is 255 Å². The van der Waals surface area contributed by atoms with Crippen LogP contribution in [-0.2, 0) is 25.6 Å². The molecule has 1 aliphatic heterocycles. The number of hydrogen-bond donors (Lipinski definition) is 2. The lowest BCUT2D eigenvalue weighted by atomic mass is 9.95. The Morgan fingerprint density at radius 3 is 2.23 bits per heavy atom. The molecule has 1 aromatic heterocycles. The van der Waals surface area contributed by atoms with Crippen LogP contribution in [0.2, 0.25) is 0 Å². The third-order valence-corrected chi connectivity index (χ3v) is 11.9. The smallest absolute Gasteiger partial charge is 0.376 e. The highest BCUT2D eigenvalue weighted by Gasteiger charge is 2.51. The number of hydrogen-bond acceptors (Lipinski definition) is 8. The van der Waals surface area contributed by atoms with Gasteiger partial charge in [-0.05, 0) is 62.7 Å². The number of thiol groups is 1. The molecule has 2 atom stereocenters. The lowest BCUT2D eigenvalue weighted by molar-refractivity contribution is -0.258. The summed E-state index contributed by atoms with van der Waals surface area (Å²) >= 11 is 4.31. The SMILES string of the molecule is CC(C)N(C[C@H]1CN(S(=O)(=O)c2ccccc2S)CCN1c1ccc(C(C)(O)C(F)(F)F)cc1)S(=O)(=O)c1cccnc1. The Balaban J connectivity index is 1.74. The Hall–Kier alpha value is -2.69. The number of rotatable bonds is 9. The summed E-state index contributed by atoms with van der Waals surface area (Å²) in [5.41, 5.74) is -3.00. The molecular weight excluding hydrogens is 626 g/mol. The Kier molecular flexibility index (Phi) is 9.55. The molecule has 3 aromatic rings. The van der Waals surface area contributed by atoms with Crippen molar-refractivity contribution in [1.29, 1.82) is 0 Å². The molecule has 2 heterocycles. The van der Waals surface area contributed by atoms with Crippen LogP contribution in [-0.4, -0.2) is 80.0 Å². The van der Waals surface area contributed by atoms with E-state index in [1.807, 2.05) is 0 Å². The standard InChI is InChI=1S/C28H33F3N4O5S3/c1-20(2)35(42(37,38)24-7-6-14-32-17-24)19-23-18-33(43(39,40)26-9-5-4-8-25(26)41)15-16-34(23)22-12-10-21(11-13-22)27(3,36)28(29,30)31/h4-14,17,20,23,36,41H,15-16,18-19H2,1-3H3/t23-,27?/m1/s1. The van der Waals surface area contributed by atoms with Gasteiger partial charge in [0.05, 0.1) is 10.9 Å². The summed E-state index contributed by atoms with van der Waals surface area (Å²) in [6.07, 6.45) is -2.23. The molecule has 1 unspecified atom stereocenters. The van der Waals surface area contributed by atoms with Gasteiger partial charge >= 0.3 is 6.18 Å². The Morgan fingerprint density at radius 1 is 1.02 bits per heavy atom. The van der Waals surface area contributed by atoms with Crippen LogP contribution in [0.1, 0.15) is 26.3 Å². The molecule has 0 spiro atoms. The van der Waals surface area contributed by atoms with Crippen LogP contribution in [0.5, 0.6) is 0 Å². The van der Waals surface area contributed by atoms with Crippen LogP contribution in [0.4, 0.5) is 18.9 Å². The van der Waals surface area contributed by atoms with Gasteiger partial charge in [-0.25, -0.2) is 16.8 Å². The van der Waals surface area contributed by atoms with E-state index in [0.717, 1.165) is 12.1 Å². The van der Waals surface area contributed by atoms with Gasteiger partial charge in [0.15, 0.2) is 5.60 Å². The summed E-state index contributed by atoms with van der Waals surface area (Å²) in [5.74, 6) is 0. The van der Waals surface area contributed by atoms with E-state index in [1.54, 1.807) is 36.9 Å². The summed E-state index contributed by atoms with van der Waals surface area (Å²) in [5, 5.41) is 10.1. The minimum atomic E-state index is -4.90. The molecule has 0 saturated carbocycles. The number of piperazine rings is 1. The normalized spacial score (nSPS) is 18.7. The summed E-state index contributed by atoms with van der Waals surface area (Å²) in [6.45, 7) is 3.95. The van der Waals surface area contributed by atoms with E-state index in [-0.39, 0.29) is 46.4 Å². The van der Waals surface area contributed by atoms with Crippen molar-refractivity contribution >= 4 is 38.4 Å². The lowest BCUT2D eigenvalue weighted by Crippen LogP contribution is -2.59. The molecule has 234 valence electrons. The fraction of sp³-hybridized carbons (Fsp3) is 0.393. The second-order valence-electron chi connectivity index (χ2n) is 10.7. The van der Waals surface area contributed by atoms with Crippen molar-refractivity contribution in [1.82, 2.24) is 13.6 Å². The van der Waals surface area contributed by atoms with E-state index in [2.05, 4.69) is 17.6 Å². The van der Waals surface area contributed by atoms with Gasteiger partial charge in [0, 0.05) is 55.2 Å². The van der Waals surface area contributed by atoms with Crippen LogP contribution in [0, 0.1) is 0 Å². The quantitative estimate of drug-likeness (QED) is 0.333. The molecule has 9 nitrogen and oxygen atoms in total. The van der Waals surface area contributed by atoms with Gasteiger partial charge < -0.3 is 10.0 Å². The number of halogens is 3. The van der Waals surface area contributed by atoms with Crippen LogP contribution in [0.3, 0.4) is 0 Å². The van der Waals surface area contributed by atoms with Crippen LogP contribution >= 0.6 is 12.6 Å². The molecule has 0 amide bonds. The summed E-state index contributed by atoms with van der Waals surface area (Å²) in [7, 11) is -8.08. The molecule has 1 saturated heterocycles. The number of nitrogens with zero attached hydrogens (tertiary/aromatic N) is 4. The van der Waals surface area contributed by atoms with Gasteiger partial charge in [0.2, 0.25) is 20.0 Å². The first kappa shape index (κ1) is 33.2. The predicted molar refractivity (Wildman–Crippen MR) is 159 cm³/mol. The van der Waals surface area contributed by atoms with E-state index in [1.165, 1.54) is 51.3 Å². The van der Waals surface area contributed by atoms with Crippen LogP contribution < -0.4 is 4.90 Å². The lowest BCUT2D eigenvalue weighted by Gasteiger charge is -2.44. The number of alkyl halides is 3. The maximum Gasteiger partial charge on any atom is 0.421 e. The van der Waals surface area contributed by atoms with Gasteiger partial charge in [-0.1, -0.05) is 24.3 Å². The number of pyridine rings is 1. The van der Waals surface area contributed by atoms with Gasteiger partial charge in [-0.3, -0.25) is 4.98 Å². The molecule has 4 rings (SSSR count). The zero-order chi connectivity index (χ0) is 31.8. The Bertz CT molecular complexity index is 1640. The average Bonchev–Trinajstić information content (AvgIpc) is 2.95. The zero-order valence-electron chi connectivity index (χ0n) is 23.7. The highest BCUT2D eigenvalue weighted by molar-refractivity contribution is 7.90. The largest absolute Gasteiger partial charge is 0.421 e. The monoisotopic (exact) mass is 658 g/mol. The number of benzene rings is 2.